The molecule has 0 aliphatic heterocycles. The number of nitriles is 2. The first kappa shape index (κ1) is 34.1. The van der Waals surface area contributed by atoms with Crippen LogP contribution in [0, 0.1) is 42.9 Å². The van der Waals surface area contributed by atoms with E-state index in [-0.39, 0.29) is 11.4 Å². The summed E-state index contributed by atoms with van der Waals surface area (Å²) in [5, 5.41) is 44.5. The average molecular weight is 763 g/mol. The van der Waals surface area contributed by atoms with Crippen molar-refractivity contribution in [3.05, 3.63) is 162 Å². The van der Waals surface area contributed by atoms with Crippen LogP contribution in [0.1, 0.15) is 20.9 Å². The Labute approximate surface area is 326 Å². The maximum absolute atomic E-state index is 11.2. The highest BCUT2D eigenvalue weighted by Crippen LogP contribution is 2.48. The SMILES string of the molecule is N#C/C(=C\c1ccc(-c2ccc(-c3ccc(/C=C(\C#N)c4ccc([N+](=O)[O-])cc4)s3)c3nc4c(nc23)-c2cccc3cccc-4c23)s1)c1ccc([N+](=O)[O-])cc1. The van der Waals surface area contributed by atoms with Crippen LogP contribution in [-0.2, 0) is 0 Å². The number of nitro benzene ring substituents is 2. The molecule has 9 rings (SSSR count). The van der Waals surface area contributed by atoms with E-state index in [0.717, 1.165) is 63.9 Å². The average Bonchev–Trinajstić information content (AvgIpc) is 3.97. The van der Waals surface area contributed by atoms with Crippen molar-refractivity contribution in [2.45, 2.75) is 0 Å². The van der Waals surface area contributed by atoms with Crippen LogP contribution in [0.3, 0.4) is 0 Å². The third kappa shape index (κ3) is 5.88. The van der Waals surface area contributed by atoms with Gasteiger partial charge in [-0.25, -0.2) is 9.97 Å². The maximum Gasteiger partial charge on any atom is 0.269 e. The zero-order chi connectivity index (χ0) is 38.5. The van der Waals surface area contributed by atoms with Gasteiger partial charge in [-0.05, 0) is 77.2 Å². The normalized spacial score (nSPS) is 12.0. The summed E-state index contributed by atoms with van der Waals surface area (Å²) >= 11 is 3.00. The van der Waals surface area contributed by atoms with Crippen LogP contribution in [0.15, 0.2) is 121 Å². The molecule has 1 aliphatic carbocycles. The summed E-state index contributed by atoms with van der Waals surface area (Å²) in [5.41, 5.74) is 8.68. The van der Waals surface area contributed by atoms with Crippen molar-refractivity contribution >= 4 is 79.2 Å². The molecule has 0 radical (unpaired) electrons. The first-order valence-corrected chi connectivity index (χ1v) is 18.7. The van der Waals surface area contributed by atoms with E-state index in [0.29, 0.717) is 33.3 Å². The third-order valence-electron chi connectivity index (χ3n) is 9.61. The summed E-state index contributed by atoms with van der Waals surface area (Å²) in [7, 11) is 0. The van der Waals surface area contributed by atoms with E-state index < -0.39 is 9.85 Å². The van der Waals surface area contributed by atoms with Crippen LogP contribution in [-0.4, -0.2) is 19.8 Å². The van der Waals surface area contributed by atoms with Gasteiger partial charge in [0.1, 0.15) is 0 Å². The van der Waals surface area contributed by atoms with Gasteiger partial charge in [-0.2, -0.15) is 10.5 Å². The summed E-state index contributed by atoms with van der Waals surface area (Å²) in [4.78, 5) is 35.6. The lowest BCUT2D eigenvalue weighted by Crippen LogP contribution is -1.94. The fraction of sp³-hybridized carbons (Fsp3) is 0. The lowest BCUT2D eigenvalue weighted by atomic mass is 10.0. The second-order valence-corrected chi connectivity index (χ2v) is 15.1. The Morgan fingerprint density at radius 3 is 1.38 bits per heavy atom. The molecule has 0 amide bonds. The second kappa shape index (κ2) is 13.6. The summed E-state index contributed by atoms with van der Waals surface area (Å²) in [6, 6.07) is 40.6. The zero-order valence-electron chi connectivity index (χ0n) is 28.8. The molecule has 0 spiro atoms. The van der Waals surface area contributed by atoms with E-state index in [9.17, 15) is 30.8 Å². The predicted octanol–water partition coefficient (Wildman–Crippen LogP) is 11.8. The molecular formula is C44H22N6O4S2. The van der Waals surface area contributed by atoms with Crippen molar-refractivity contribution < 1.29 is 9.85 Å². The first-order chi connectivity index (χ1) is 27.3. The van der Waals surface area contributed by atoms with Gasteiger partial charge in [0.15, 0.2) is 0 Å². The van der Waals surface area contributed by atoms with Crippen molar-refractivity contribution in [3.63, 3.8) is 0 Å². The summed E-state index contributed by atoms with van der Waals surface area (Å²) in [5.74, 6) is 0. The van der Waals surface area contributed by atoms with E-state index in [4.69, 9.17) is 9.97 Å². The molecule has 1 aliphatic rings. The standard InChI is InChI=1S/C44H22N6O4S2/c45-23-28(25-7-11-30(12-8-25)49(51)52)21-32-15-19-38(55-32)34-17-18-35(39-20-16-33(56-39)22-29(24-46)26-9-13-31(14-10-26)50(53)54)42-41(34)47-43-36-5-1-3-27-4-2-6-37(40(27)36)44(43)48-42/h1-22H/b28-21+,29-22+. The number of non-ortho nitro benzene ring substituents is 2. The Hall–Kier alpha value is -7.64. The van der Waals surface area contributed by atoms with Crippen molar-refractivity contribution in [2.24, 2.45) is 0 Å². The fourth-order valence-electron chi connectivity index (χ4n) is 6.96. The predicted molar refractivity (Wildman–Crippen MR) is 221 cm³/mol. The molecule has 0 saturated heterocycles. The molecule has 0 fully saturated rings. The van der Waals surface area contributed by atoms with Gasteiger partial charge >= 0.3 is 0 Å². The van der Waals surface area contributed by atoms with E-state index in [1.54, 1.807) is 36.4 Å². The zero-order valence-corrected chi connectivity index (χ0v) is 30.5. The minimum Gasteiger partial charge on any atom is -0.258 e. The molecule has 0 bridgehead atoms. The highest BCUT2D eigenvalue weighted by atomic mass is 32.1. The number of nitrogens with zero attached hydrogens (tertiary/aromatic N) is 6. The quantitative estimate of drug-likeness (QED) is 0.0839. The van der Waals surface area contributed by atoms with Crippen LogP contribution in [0.5, 0.6) is 0 Å². The van der Waals surface area contributed by atoms with Crippen LogP contribution < -0.4 is 0 Å². The number of hydrogen-bond acceptors (Lipinski definition) is 10. The van der Waals surface area contributed by atoms with Crippen molar-refractivity contribution in [1.29, 1.82) is 10.5 Å². The molecule has 56 heavy (non-hydrogen) atoms. The Morgan fingerprint density at radius 1 is 0.554 bits per heavy atom. The molecule has 0 unspecified atom stereocenters. The van der Waals surface area contributed by atoms with Crippen LogP contribution in [0.4, 0.5) is 11.4 Å². The number of rotatable bonds is 8. The largest absolute Gasteiger partial charge is 0.269 e. The van der Waals surface area contributed by atoms with Crippen LogP contribution in [0.2, 0.25) is 0 Å². The molecule has 0 N–H and O–H groups in total. The number of nitro groups is 2. The monoisotopic (exact) mass is 762 g/mol. The smallest absolute Gasteiger partial charge is 0.258 e. The number of allylic oxidation sites excluding steroid dienone is 2. The molecule has 10 nitrogen and oxygen atoms in total. The molecule has 8 aromatic rings. The Balaban J connectivity index is 1.16. The number of hydrogen-bond donors (Lipinski definition) is 0. The highest BCUT2D eigenvalue weighted by Gasteiger charge is 2.27. The highest BCUT2D eigenvalue weighted by molar-refractivity contribution is 7.17. The maximum atomic E-state index is 11.2. The number of fused-ring (bicyclic) bond motifs is 4. The Morgan fingerprint density at radius 2 is 0.982 bits per heavy atom. The summed E-state index contributed by atoms with van der Waals surface area (Å²) in [6.45, 7) is 0. The third-order valence-corrected chi connectivity index (χ3v) is 11.7. The van der Waals surface area contributed by atoms with Crippen LogP contribution >= 0.6 is 22.7 Å². The Bertz CT molecular complexity index is 2910. The molecule has 264 valence electrons. The van der Waals surface area contributed by atoms with E-state index >= 15 is 0 Å². The van der Waals surface area contributed by atoms with Gasteiger partial charge in [-0.1, -0.05) is 48.5 Å². The van der Waals surface area contributed by atoms with Gasteiger partial charge in [0.25, 0.3) is 11.4 Å². The van der Waals surface area contributed by atoms with Crippen molar-refractivity contribution in [2.75, 3.05) is 0 Å². The Kier molecular flexibility index (Phi) is 8.32. The molecule has 5 aromatic carbocycles. The molecule has 0 saturated carbocycles. The summed E-state index contributed by atoms with van der Waals surface area (Å²) in [6.07, 6.45) is 3.55. The van der Waals surface area contributed by atoms with Gasteiger partial charge in [0.2, 0.25) is 0 Å². The van der Waals surface area contributed by atoms with Crippen LogP contribution in [0.25, 0.3) is 88.5 Å². The van der Waals surface area contributed by atoms with Gasteiger partial charge in [-0.3, -0.25) is 20.2 Å². The summed E-state index contributed by atoms with van der Waals surface area (Å²) < 4.78 is 0. The lowest BCUT2D eigenvalue weighted by Gasteiger charge is -2.11. The number of thiophene rings is 2. The molecular weight excluding hydrogens is 741 g/mol. The number of aromatic nitrogens is 2. The lowest BCUT2D eigenvalue weighted by molar-refractivity contribution is -0.385. The fourth-order valence-corrected chi connectivity index (χ4v) is 8.92. The molecule has 3 heterocycles. The molecule has 0 atom stereocenters. The minimum absolute atomic E-state index is 0.0453. The number of benzene rings is 5. The van der Waals surface area contributed by atoms with E-state index in [1.807, 2.05) is 48.5 Å². The first-order valence-electron chi connectivity index (χ1n) is 17.1. The van der Waals surface area contributed by atoms with E-state index in [2.05, 4.69) is 36.4 Å². The molecule has 3 aromatic heterocycles. The minimum atomic E-state index is -0.471. The van der Waals surface area contributed by atoms with Gasteiger partial charge in [-0.15, -0.1) is 22.7 Å². The van der Waals surface area contributed by atoms with E-state index in [1.165, 1.54) is 46.9 Å². The van der Waals surface area contributed by atoms with Crippen molar-refractivity contribution in [3.8, 4) is 55.5 Å². The van der Waals surface area contributed by atoms with Gasteiger partial charge in [0, 0.05) is 71.4 Å². The second-order valence-electron chi connectivity index (χ2n) is 12.8. The van der Waals surface area contributed by atoms with Crippen molar-refractivity contribution in [1.82, 2.24) is 9.97 Å². The van der Waals surface area contributed by atoms with Gasteiger partial charge < -0.3 is 0 Å². The topological polar surface area (TPSA) is 160 Å². The van der Waals surface area contributed by atoms with Gasteiger partial charge in [0.05, 0.1) is 55.6 Å². The molecule has 12 heteroatoms.